The van der Waals surface area contributed by atoms with Gasteiger partial charge in [-0.1, -0.05) is 0 Å². The molecule has 0 aliphatic carbocycles. The number of rotatable bonds is 3. The van der Waals surface area contributed by atoms with Gasteiger partial charge in [0.15, 0.2) is 6.10 Å². The maximum Gasteiger partial charge on any atom is 0.267 e. The molecule has 0 bridgehead atoms. The average molecular weight is 276 g/mol. The van der Waals surface area contributed by atoms with E-state index in [-0.39, 0.29) is 12.0 Å². The van der Waals surface area contributed by atoms with E-state index >= 15 is 0 Å². The Labute approximate surface area is 118 Å². The van der Waals surface area contributed by atoms with Crippen molar-refractivity contribution in [1.82, 2.24) is 0 Å². The number of carbonyl (C=O) groups is 1. The number of nitrogen functional groups attached to an aromatic ring is 1. The molecule has 20 heavy (non-hydrogen) atoms. The number of anilines is 2. The lowest BCUT2D eigenvalue weighted by Crippen LogP contribution is -2.45. The van der Waals surface area contributed by atoms with E-state index in [0.29, 0.717) is 18.0 Å². The fourth-order valence-electron chi connectivity index (χ4n) is 2.80. The van der Waals surface area contributed by atoms with Crippen LogP contribution in [-0.2, 0) is 9.53 Å². The molecular formula is C15H20N2O3. The molecule has 2 aliphatic rings. The van der Waals surface area contributed by atoms with Gasteiger partial charge in [-0.25, -0.2) is 0 Å². The lowest BCUT2D eigenvalue weighted by Gasteiger charge is -2.33. The fraction of sp³-hybridized carbons (Fsp3) is 0.533. The Balaban J connectivity index is 1.79. The molecule has 2 aliphatic heterocycles. The molecule has 2 N–H and O–H groups in total. The molecule has 5 heteroatoms. The summed E-state index contributed by atoms with van der Waals surface area (Å²) in [4.78, 5) is 14.1. The standard InChI is InChI=1S/C15H20N2O3/c1-10-15(18)17(7-6-12-3-2-8-19-12)13-5-4-11(16)9-14(13)20-10/h4-5,9-10,12H,2-3,6-8,16H2,1H3. The lowest BCUT2D eigenvalue weighted by molar-refractivity contribution is -0.125. The van der Waals surface area contributed by atoms with Crippen molar-refractivity contribution in [2.45, 2.75) is 38.4 Å². The molecular weight excluding hydrogens is 256 g/mol. The first-order valence-electron chi connectivity index (χ1n) is 7.14. The molecule has 0 aromatic heterocycles. The summed E-state index contributed by atoms with van der Waals surface area (Å²) in [6.45, 7) is 3.27. The number of nitrogens with zero attached hydrogens (tertiary/aromatic N) is 1. The molecule has 108 valence electrons. The van der Waals surface area contributed by atoms with Crippen LogP contribution in [0.3, 0.4) is 0 Å². The van der Waals surface area contributed by atoms with Crippen molar-refractivity contribution >= 4 is 17.3 Å². The summed E-state index contributed by atoms with van der Waals surface area (Å²) in [6, 6.07) is 5.42. The molecule has 5 nitrogen and oxygen atoms in total. The van der Waals surface area contributed by atoms with Crippen molar-refractivity contribution in [2.75, 3.05) is 23.8 Å². The van der Waals surface area contributed by atoms with Gasteiger partial charge in [-0.05, 0) is 38.3 Å². The van der Waals surface area contributed by atoms with Crippen molar-refractivity contribution in [2.24, 2.45) is 0 Å². The highest BCUT2D eigenvalue weighted by molar-refractivity contribution is 6.00. The lowest BCUT2D eigenvalue weighted by atomic mass is 10.1. The molecule has 1 aromatic carbocycles. The molecule has 1 amide bonds. The first-order chi connectivity index (χ1) is 9.65. The van der Waals surface area contributed by atoms with E-state index in [1.54, 1.807) is 24.0 Å². The predicted octanol–water partition coefficient (Wildman–Crippen LogP) is 1.95. The fourth-order valence-corrected chi connectivity index (χ4v) is 2.80. The number of amides is 1. The molecule has 1 saturated heterocycles. The van der Waals surface area contributed by atoms with E-state index in [2.05, 4.69) is 0 Å². The zero-order valence-corrected chi connectivity index (χ0v) is 11.7. The smallest absolute Gasteiger partial charge is 0.267 e. The maximum atomic E-state index is 12.3. The minimum atomic E-state index is -0.464. The summed E-state index contributed by atoms with van der Waals surface area (Å²) >= 11 is 0. The van der Waals surface area contributed by atoms with Gasteiger partial charge in [-0.3, -0.25) is 4.79 Å². The Morgan fingerprint density at radius 1 is 1.45 bits per heavy atom. The number of nitrogens with two attached hydrogens (primary N) is 1. The van der Waals surface area contributed by atoms with E-state index in [1.807, 2.05) is 6.07 Å². The molecule has 0 radical (unpaired) electrons. The van der Waals surface area contributed by atoms with Crippen molar-refractivity contribution in [3.63, 3.8) is 0 Å². The van der Waals surface area contributed by atoms with E-state index in [9.17, 15) is 4.79 Å². The molecule has 2 atom stereocenters. The monoisotopic (exact) mass is 276 g/mol. The van der Waals surface area contributed by atoms with Gasteiger partial charge >= 0.3 is 0 Å². The zero-order chi connectivity index (χ0) is 14.1. The molecule has 3 rings (SSSR count). The van der Waals surface area contributed by atoms with Gasteiger partial charge in [0.25, 0.3) is 5.91 Å². The van der Waals surface area contributed by atoms with Crippen LogP contribution in [0.2, 0.25) is 0 Å². The number of hydrogen-bond donors (Lipinski definition) is 1. The van der Waals surface area contributed by atoms with Crippen LogP contribution in [-0.4, -0.2) is 31.3 Å². The van der Waals surface area contributed by atoms with Gasteiger partial charge in [-0.2, -0.15) is 0 Å². The second-order valence-corrected chi connectivity index (χ2v) is 5.40. The van der Waals surface area contributed by atoms with Crippen LogP contribution in [0, 0.1) is 0 Å². The normalized spacial score (nSPS) is 25.4. The van der Waals surface area contributed by atoms with Crippen LogP contribution < -0.4 is 15.4 Å². The molecule has 0 spiro atoms. The summed E-state index contributed by atoms with van der Waals surface area (Å²) in [7, 11) is 0. The highest BCUT2D eigenvalue weighted by Crippen LogP contribution is 2.36. The highest BCUT2D eigenvalue weighted by Gasteiger charge is 2.32. The van der Waals surface area contributed by atoms with Crippen molar-refractivity contribution in [3.05, 3.63) is 18.2 Å². The highest BCUT2D eigenvalue weighted by atomic mass is 16.5. The Morgan fingerprint density at radius 2 is 2.30 bits per heavy atom. The van der Waals surface area contributed by atoms with Crippen LogP contribution in [0.5, 0.6) is 5.75 Å². The second kappa shape index (κ2) is 5.32. The Hall–Kier alpha value is -1.75. The molecule has 1 aromatic rings. The molecule has 0 saturated carbocycles. The molecule has 2 unspecified atom stereocenters. The number of hydrogen-bond acceptors (Lipinski definition) is 4. The van der Waals surface area contributed by atoms with E-state index < -0.39 is 6.10 Å². The van der Waals surface area contributed by atoms with Gasteiger partial charge in [0.1, 0.15) is 5.75 Å². The third-order valence-electron chi connectivity index (χ3n) is 3.89. The van der Waals surface area contributed by atoms with Crippen molar-refractivity contribution in [3.8, 4) is 5.75 Å². The second-order valence-electron chi connectivity index (χ2n) is 5.40. The summed E-state index contributed by atoms with van der Waals surface area (Å²) in [6.07, 6.45) is 2.88. The molecule has 2 heterocycles. The summed E-state index contributed by atoms with van der Waals surface area (Å²) in [5, 5.41) is 0. The van der Waals surface area contributed by atoms with Gasteiger partial charge in [0.05, 0.1) is 11.8 Å². The number of fused-ring (bicyclic) bond motifs is 1. The number of carbonyl (C=O) groups excluding carboxylic acids is 1. The van der Waals surface area contributed by atoms with Crippen molar-refractivity contribution in [1.29, 1.82) is 0 Å². The average Bonchev–Trinajstić information content (AvgIpc) is 2.92. The Kier molecular flexibility index (Phi) is 3.53. The van der Waals surface area contributed by atoms with Crippen LogP contribution >= 0.6 is 0 Å². The first-order valence-corrected chi connectivity index (χ1v) is 7.14. The van der Waals surface area contributed by atoms with Gasteiger partial charge in [-0.15, -0.1) is 0 Å². The van der Waals surface area contributed by atoms with Crippen molar-refractivity contribution < 1.29 is 14.3 Å². The van der Waals surface area contributed by atoms with Crippen LogP contribution in [0.1, 0.15) is 26.2 Å². The Bertz CT molecular complexity index is 512. The summed E-state index contributed by atoms with van der Waals surface area (Å²) in [5.41, 5.74) is 7.23. The maximum absolute atomic E-state index is 12.3. The van der Waals surface area contributed by atoms with E-state index in [4.69, 9.17) is 15.2 Å². The minimum absolute atomic E-state index is 0.000248. The van der Waals surface area contributed by atoms with Gasteiger partial charge in [0, 0.05) is 24.9 Å². The van der Waals surface area contributed by atoms with E-state index in [0.717, 1.165) is 31.6 Å². The largest absolute Gasteiger partial charge is 0.479 e. The predicted molar refractivity (Wildman–Crippen MR) is 76.9 cm³/mol. The number of ether oxygens (including phenoxy) is 2. The number of benzene rings is 1. The van der Waals surface area contributed by atoms with Crippen LogP contribution in [0.15, 0.2) is 18.2 Å². The SMILES string of the molecule is CC1Oc2cc(N)ccc2N(CCC2CCCO2)C1=O. The third kappa shape index (κ3) is 2.45. The zero-order valence-electron chi connectivity index (χ0n) is 11.7. The minimum Gasteiger partial charge on any atom is -0.479 e. The third-order valence-corrected chi connectivity index (χ3v) is 3.89. The Morgan fingerprint density at radius 3 is 3.05 bits per heavy atom. The van der Waals surface area contributed by atoms with Gasteiger partial charge < -0.3 is 20.1 Å². The van der Waals surface area contributed by atoms with Gasteiger partial charge in [0.2, 0.25) is 0 Å². The van der Waals surface area contributed by atoms with E-state index in [1.165, 1.54) is 0 Å². The first kappa shape index (κ1) is 13.2. The quantitative estimate of drug-likeness (QED) is 0.857. The topological polar surface area (TPSA) is 64.8 Å². The summed E-state index contributed by atoms with van der Waals surface area (Å²) in [5.74, 6) is 0.685. The molecule has 1 fully saturated rings. The van der Waals surface area contributed by atoms with Crippen LogP contribution in [0.4, 0.5) is 11.4 Å². The van der Waals surface area contributed by atoms with Crippen LogP contribution in [0.25, 0.3) is 0 Å². The summed E-state index contributed by atoms with van der Waals surface area (Å²) < 4.78 is 11.2.